The summed E-state index contributed by atoms with van der Waals surface area (Å²) in [4.78, 5) is 12.4. The predicted molar refractivity (Wildman–Crippen MR) is 90.1 cm³/mol. The van der Waals surface area contributed by atoms with Gasteiger partial charge in [-0.05, 0) is 5.56 Å². The number of carbonyl (C=O) groups excluding carboxylic acids is 1. The van der Waals surface area contributed by atoms with Crippen molar-refractivity contribution in [2.75, 3.05) is 14.2 Å². The maximum absolute atomic E-state index is 12.4. The van der Waals surface area contributed by atoms with E-state index in [1.54, 1.807) is 56.7 Å². The number of hydrogen-bond acceptors (Lipinski definition) is 4. The van der Waals surface area contributed by atoms with Crippen LogP contribution < -0.4 is 0 Å². The minimum Gasteiger partial charge on any atom is -0.497 e. The molecule has 23 heavy (non-hydrogen) atoms. The van der Waals surface area contributed by atoms with Crippen LogP contribution in [0.4, 0.5) is 0 Å². The predicted octanol–water partition coefficient (Wildman–Crippen LogP) is 3.53. The lowest BCUT2D eigenvalue weighted by Gasteiger charge is -2.13. The molecule has 0 bridgehead atoms. The maximum atomic E-state index is 12.4. The minimum absolute atomic E-state index is 0.257. The number of hydrogen-bond donors (Lipinski definition) is 1. The molecule has 4 heteroatoms. The lowest BCUT2D eigenvalue weighted by molar-refractivity contribution is 0.0744. The number of aliphatic hydroxyl groups excluding tert-OH is 1. The number of carbonyl (C=O) groups is 1. The van der Waals surface area contributed by atoms with Gasteiger partial charge in [0.05, 0.1) is 6.26 Å². The first-order valence-electron chi connectivity index (χ1n) is 7.13. The fraction of sp³-hybridized carbons (Fsp3) is 0.211. The van der Waals surface area contributed by atoms with Crippen molar-refractivity contribution < 1.29 is 19.4 Å². The molecule has 0 spiro atoms. The van der Waals surface area contributed by atoms with Crippen molar-refractivity contribution in [3.63, 3.8) is 0 Å². The first-order valence-corrected chi connectivity index (χ1v) is 7.13. The molecule has 0 aromatic heterocycles. The fourth-order valence-corrected chi connectivity index (χ4v) is 1.97. The molecule has 1 N–H and O–H groups in total. The first kappa shape index (κ1) is 18.6. The second-order valence-corrected chi connectivity index (χ2v) is 4.72. The van der Waals surface area contributed by atoms with E-state index in [1.165, 1.54) is 6.26 Å². The highest BCUT2D eigenvalue weighted by molar-refractivity contribution is 6.01. The van der Waals surface area contributed by atoms with Gasteiger partial charge < -0.3 is 14.6 Å². The zero-order valence-electron chi connectivity index (χ0n) is 13.4. The zero-order chi connectivity index (χ0) is 17.1. The third-order valence-corrected chi connectivity index (χ3v) is 3.00. The van der Waals surface area contributed by atoms with Gasteiger partial charge in [0, 0.05) is 25.3 Å². The van der Waals surface area contributed by atoms with Crippen molar-refractivity contribution in [3.8, 4) is 0 Å². The second-order valence-electron chi connectivity index (χ2n) is 4.72. The molecule has 2 aromatic carbocycles. The molecular formula is C19H22O4. The van der Waals surface area contributed by atoms with E-state index in [4.69, 9.17) is 4.74 Å². The van der Waals surface area contributed by atoms with Gasteiger partial charge in [0.15, 0.2) is 5.78 Å². The third kappa shape index (κ3) is 5.70. The Labute approximate surface area is 137 Å². The lowest BCUT2D eigenvalue weighted by Crippen LogP contribution is -2.14. The highest BCUT2D eigenvalue weighted by atomic mass is 16.5. The standard InChI is InChI=1S/C17H16O3.C2H6O/c1-2-20-12-14-10-6-7-11-15(14)17(19)16(18)13-8-4-3-5-9-13;1-3-2/h2-11,16,18H,1,12H2;1-2H3. The van der Waals surface area contributed by atoms with Gasteiger partial charge >= 0.3 is 0 Å². The van der Waals surface area contributed by atoms with Crippen LogP contribution in [0, 0.1) is 0 Å². The third-order valence-electron chi connectivity index (χ3n) is 3.00. The summed E-state index contributed by atoms with van der Waals surface area (Å²) in [5.41, 5.74) is 1.77. The number of benzene rings is 2. The molecule has 0 aliphatic carbocycles. The van der Waals surface area contributed by atoms with Crippen LogP contribution in [0.15, 0.2) is 67.4 Å². The minimum atomic E-state index is -1.17. The molecule has 122 valence electrons. The number of rotatable bonds is 6. The van der Waals surface area contributed by atoms with Gasteiger partial charge in [0.2, 0.25) is 0 Å². The Balaban J connectivity index is 0.000000816. The van der Waals surface area contributed by atoms with Crippen LogP contribution in [0.5, 0.6) is 0 Å². The monoisotopic (exact) mass is 314 g/mol. The van der Waals surface area contributed by atoms with Crippen molar-refractivity contribution in [1.29, 1.82) is 0 Å². The lowest BCUT2D eigenvalue weighted by atomic mass is 9.96. The van der Waals surface area contributed by atoms with E-state index in [-0.39, 0.29) is 12.4 Å². The number of aliphatic hydroxyl groups is 1. The molecule has 0 heterocycles. The van der Waals surface area contributed by atoms with E-state index in [2.05, 4.69) is 11.3 Å². The normalized spacial score (nSPS) is 10.9. The molecule has 0 amide bonds. The smallest absolute Gasteiger partial charge is 0.196 e. The summed E-state index contributed by atoms with van der Waals surface area (Å²) < 4.78 is 9.38. The SMILES string of the molecule is C=COCc1ccccc1C(=O)C(O)c1ccccc1.COC. The number of ketones is 1. The highest BCUT2D eigenvalue weighted by Gasteiger charge is 2.21. The Kier molecular flexibility index (Phi) is 8.36. The summed E-state index contributed by atoms with van der Waals surface area (Å²) in [6, 6.07) is 16.0. The van der Waals surface area contributed by atoms with Crippen molar-refractivity contribution in [1.82, 2.24) is 0 Å². The van der Waals surface area contributed by atoms with Crippen LogP contribution >= 0.6 is 0 Å². The van der Waals surface area contributed by atoms with E-state index in [0.717, 1.165) is 5.56 Å². The Morgan fingerprint density at radius 3 is 2.30 bits per heavy atom. The molecule has 2 aromatic rings. The van der Waals surface area contributed by atoms with Crippen LogP contribution in [-0.4, -0.2) is 25.1 Å². The molecule has 0 saturated carbocycles. The Morgan fingerprint density at radius 2 is 1.70 bits per heavy atom. The fourth-order valence-electron chi connectivity index (χ4n) is 1.97. The average molecular weight is 314 g/mol. The molecule has 0 aliphatic rings. The van der Waals surface area contributed by atoms with Gasteiger partial charge in [-0.3, -0.25) is 4.79 Å². The Morgan fingerprint density at radius 1 is 1.13 bits per heavy atom. The van der Waals surface area contributed by atoms with Gasteiger partial charge in [0.25, 0.3) is 0 Å². The van der Waals surface area contributed by atoms with Gasteiger partial charge in [-0.1, -0.05) is 61.2 Å². The molecule has 1 atom stereocenters. The summed E-state index contributed by atoms with van der Waals surface area (Å²) in [5, 5.41) is 10.2. The van der Waals surface area contributed by atoms with Crippen LogP contribution in [0.2, 0.25) is 0 Å². The largest absolute Gasteiger partial charge is 0.497 e. The summed E-state index contributed by atoms with van der Waals surface area (Å²) in [6.45, 7) is 3.73. The van der Waals surface area contributed by atoms with Gasteiger partial charge in [-0.25, -0.2) is 0 Å². The molecule has 1 unspecified atom stereocenters. The quantitative estimate of drug-likeness (QED) is 0.654. The van der Waals surface area contributed by atoms with Crippen LogP contribution in [0.3, 0.4) is 0 Å². The Hall–Kier alpha value is -2.43. The summed E-state index contributed by atoms with van der Waals surface area (Å²) in [6.07, 6.45) is 0.163. The molecule has 4 nitrogen and oxygen atoms in total. The highest BCUT2D eigenvalue weighted by Crippen LogP contribution is 2.21. The van der Waals surface area contributed by atoms with Crippen molar-refractivity contribution >= 4 is 5.78 Å². The van der Waals surface area contributed by atoms with Gasteiger partial charge in [-0.2, -0.15) is 0 Å². The summed E-state index contributed by atoms with van der Waals surface area (Å²) in [7, 11) is 3.25. The van der Waals surface area contributed by atoms with E-state index >= 15 is 0 Å². The number of ether oxygens (including phenoxy) is 2. The zero-order valence-corrected chi connectivity index (χ0v) is 13.4. The van der Waals surface area contributed by atoms with Crippen molar-refractivity contribution in [2.24, 2.45) is 0 Å². The van der Waals surface area contributed by atoms with E-state index in [1.807, 2.05) is 12.1 Å². The topological polar surface area (TPSA) is 55.8 Å². The summed E-state index contributed by atoms with van der Waals surface area (Å²) in [5.74, 6) is -0.334. The van der Waals surface area contributed by atoms with Crippen LogP contribution in [0.1, 0.15) is 27.6 Å². The van der Waals surface area contributed by atoms with Crippen LogP contribution in [0.25, 0.3) is 0 Å². The van der Waals surface area contributed by atoms with Crippen molar-refractivity contribution in [2.45, 2.75) is 12.7 Å². The van der Waals surface area contributed by atoms with Crippen LogP contribution in [-0.2, 0) is 16.1 Å². The molecule has 0 radical (unpaired) electrons. The van der Waals surface area contributed by atoms with Crippen molar-refractivity contribution in [3.05, 3.63) is 84.1 Å². The second kappa shape index (κ2) is 10.3. The maximum Gasteiger partial charge on any atom is 0.196 e. The number of Topliss-reactive ketones (excluding diaryl/α,β-unsaturated/α-hetero) is 1. The molecule has 2 rings (SSSR count). The number of methoxy groups -OCH3 is 1. The van der Waals surface area contributed by atoms with Gasteiger partial charge in [0.1, 0.15) is 12.7 Å². The summed E-state index contributed by atoms with van der Waals surface area (Å²) >= 11 is 0. The first-order chi connectivity index (χ1) is 11.2. The van der Waals surface area contributed by atoms with E-state index < -0.39 is 6.10 Å². The average Bonchev–Trinajstić information content (AvgIpc) is 2.60. The Bertz CT molecular complexity index is 608. The molecule has 0 fully saturated rings. The van der Waals surface area contributed by atoms with E-state index in [9.17, 15) is 9.90 Å². The van der Waals surface area contributed by atoms with Gasteiger partial charge in [-0.15, -0.1) is 0 Å². The van der Waals surface area contributed by atoms with E-state index in [0.29, 0.717) is 11.1 Å². The molecule has 0 saturated heterocycles. The molecule has 0 aliphatic heterocycles. The molecular weight excluding hydrogens is 292 g/mol.